The molecule has 1 aliphatic heterocycles. The summed E-state index contributed by atoms with van der Waals surface area (Å²) in [5.74, 6) is 0.151. The Kier molecular flexibility index (Phi) is 6.62. The molecular formula is C20H31N3O4S. The molecule has 1 saturated carbocycles. The van der Waals surface area contributed by atoms with Crippen molar-refractivity contribution < 1.29 is 17.9 Å². The van der Waals surface area contributed by atoms with E-state index in [9.17, 15) is 13.2 Å². The molecule has 0 unspecified atom stereocenters. The molecule has 3 rings (SSSR count). The van der Waals surface area contributed by atoms with E-state index < -0.39 is 10.0 Å². The molecule has 2 fully saturated rings. The first-order valence-electron chi connectivity index (χ1n) is 9.92. The second-order valence-corrected chi connectivity index (χ2v) is 10.0. The first-order valence-corrected chi connectivity index (χ1v) is 11.8. The topological polar surface area (TPSA) is 79.0 Å². The van der Waals surface area contributed by atoms with E-state index in [-0.39, 0.29) is 24.5 Å². The van der Waals surface area contributed by atoms with E-state index in [2.05, 4.69) is 5.32 Å². The SMILES string of the molecule is CN(C)c1ccc(NC(=O)C2CCC2)cc1CN(C[C@H]1CCCO1)S(C)(=O)=O. The third kappa shape index (κ3) is 5.24. The molecule has 1 saturated heterocycles. The molecule has 28 heavy (non-hydrogen) atoms. The lowest BCUT2D eigenvalue weighted by atomic mass is 9.85. The van der Waals surface area contributed by atoms with Crippen LogP contribution in [0.15, 0.2) is 18.2 Å². The summed E-state index contributed by atoms with van der Waals surface area (Å²) in [7, 11) is 0.464. The number of rotatable bonds is 8. The van der Waals surface area contributed by atoms with Gasteiger partial charge < -0.3 is 15.0 Å². The molecule has 0 bridgehead atoms. The van der Waals surface area contributed by atoms with Crippen LogP contribution in [0.5, 0.6) is 0 Å². The second-order valence-electron chi connectivity index (χ2n) is 8.05. The standard InChI is InChI=1S/C20H31N3O4S/c1-22(2)19-10-9-17(21-20(24)15-6-4-7-15)12-16(19)13-23(28(3,25)26)14-18-8-5-11-27-18/h9-10,12,15,18H,4-8,11,13-14H2,1-3H3,(H,21,24)/t18-/m1/s1. The maximum Gasteiger partial charge on any atom is 0.227 e. The Labute approximate surface area is 168 Å². The molecule has 156 valence electrons. The zero-order chi connectivity index (χ0) is 20.3. The highest BCUT2D eigenvalue weighted by Gasteiger charge is 2.27. The van der Waals surface area contributed by atoms with Crippen molar-refractivity contribution in [1.29, 1.82) is 0 Å². The van der Waals surface area contributed by atoms with Crippen molar-refractivity contribution in [3.05, 3.63) is 23.8 Å². The maximum absolute atomic E-state index is 12.4. The van der Waals surface area contributed by atoms with Gasteiger partial charge in [-0.2, -0.15) is 4.31 Å². The van der Waals surface area contributed by atoms with Gasteiger partial charge in [0.2, 0.25) is 15.9 Å². The summed E-state index contributed by atoms with van der Waals surface area (Å²) in [6, 6.07) is 5.69. The number of nitrogens with one attached hydrogen (secondary N) is 1. The van der Waals surface area contributed by atoms with Crippen molar-refractivity contribution in [3.8, 4) is 0 Å². The van der Waals surface area contributed by atoms with Crippen molar-refractivity contribution in [3.63, 3.8) is 0 Å². The summed E-state index contributed by atoms with van der Waals surface area (Å²) in [6.45, 7) is 1.29. The van der Waals surface area contributed by atoms with E-state index in [1.807, 2.05) is 37.2 Å². The van der Waals surface area contributed by atoms with Crippen LogP contribution in [-0.4, -0.2) is 58.2 Å². The fourth-order valence-electron chi connectivity index (χ4n) is 3.66. The number of carbonyl (C=O) groups excluding carboxylic acids is 1. The molecule has 7 nitrogen and oxygen atoms in total. The Morgan fingerprint density at radius 1 is 1.21 bits per heavy atom. The summed E-state index contributed by atoms with van der Waals surface area (Å²) in [5, 5.41) is 2.99. The molecule has 1 aromatic rings. The monoisotopic (exact) mass is 409 g/mol. The van der Waals surface area contributed by atoms with Gasteiger partial charge >= 0.3 is 0 Å². The number of carbonyl (C=O) groups is 1. The van der Waals surface area contributed by atoms with Crippen LogP contribution in [0.1, 0.15) is 37.7 Å². The van der Waals surface area contributed by atoms with E-state index in [1.165, 1.54) is 10.6 Å². The lowest BCUT2D eigenvalue weighted by Gasteiger charge is -2.27. The van der Waals surface area contributed by atoms with Gasteiger partial charge in [0.15, 0.2) is 0 Å². The largest absolute Gasteiger partial charge is 0.377 e. The minimum absolute atomic E-state index is 0.0501. The first-order chi connectivity index (χ1) is 13.2. The molecule has 0 radical (unpaired) electrons. The summed E-state index contributed by atoms with van der Waals surface area (Å²) in [4.78, 5) is 14.2. The van der Waals surface area contributed by atoms with Gasteiger partial charge in [0.25, 0.3) is 0 Å². The lowest BCUT2D eigenvalue weighted by Crippen LogP contribution is -2.36. The van der Waals surface area contributed by atoms with Gasteiger partial charge in [0.05, 0.1) is 12.4 Å². The highest BCUT2D eigenvalue weighted by atomic mass is 32.2. The molecule has 1 aliphatic carbocycles. The number of sulfonamides is 1. The second kappa shape index (κ2) is 8.80. The average molecular weight is 410 g/mol. The molecule has 1 heterocycles. The fraction of sp³-hybridized carbons (Fsp3) is 0.650. The zero-order valence-electron chi connectivity index (χ0n) is 17.0. The highest BCUT2D eigenvalue weighted by Crippen LogP contribution is 2.30. The van der Waals surface area contributed by atoms with Crippen molar-refractivity contribution in [1.82, 2.24) is 4.31 Å². The van der Waals surface area contributed by atoms with E-state index in [0.29, 0.717) is 18.8 Å². The van der Waals surface area contributed by atoms with Crippen LogP contribution in [0, 0.1) is 5.92 Å². The molecule has 1 atom stereocenters. The quantitative estimate of drug-likeness (QED) is 0.713. The summed E-state index contributed by atoms with van der Waals surface area (Å²) in [6.07, 6.45) is 6.02. The molecular weight excluding hydrogens is 378 g/mol. The molecule has 0 aromatic heterocycles. The van der Waals surface area contributed by atoms with Gasteiger partial charge in [0, 0.05) is 51.1 Å². The third-order valence-corrected chi connectivity index (χ3v) is 6.77. The maximum atomic E-state index is 12.4. The molecule has 8 heteroatoms. The van der Waals surface area contributed by atoms with Crippen LogP contribution in [0.2, 0.25) is 0 Å². The lowest BCUT2D eigenvalue weighted by molar-refractivity contribution is -0.122. The molecule has 1 amide bonds. The molecule has 1 N–H and O–H groups in total. The third-order valence-electron chi connectivity index (χ3n) is 5.55. The Balaban J connectivity index is 1.81. The van der Waals surface area contributed by atoms with E-state index in [0.717, 1.165) is 43.4 Å². The molecule has 2 aliphatic rings. The van der Waals surface area contributed by atoms with Gasteiger partial charge in [-0.05, 0) is 49.4 Å². The van der Waals surface area contributed by atoms with Crippen molar-refractivity contribution >= 4 is 27.3 Å². The molecule has 0 spiro atoms. The first kappa shape index (κ1) is 21.1. The van der Waals surface area contributed by atoms with Gasteiger partial charge in [-0.3, -0.25) is 4.79 Å². The summed E-state index contributed by atoms with van der Waals surface area (Å²) >= 11 is 0. The van der Waals surface area contributed by atoms with Crippen LogP contribution in [-0.2, 0) is 26.1 Å². The smallest absolute Gasteiger partial charge is 0.227 e. The number of anilines is 2. The Morgan fingerprint density at radius 3 is 2.50 bits per heavy atom. The van der Waals surface area contributed by atoms with Crippen LogP contribution >= 0.6 is 0 Å². The highest BCUT2D eigenvalue weighted by molar-refractivity contribution is 7.88. The number of hydrogen-bond donors (Lipinski definition) is 1. The summed E-state index contributed by atoms with van der Waals surface area (Å²) < 4.78 is 31.9. The van der Waals surface area contributed by atoms with Crippen molar-refractivity contribution in [2.75, 3.05) is 43.7 Å². The van der Waals surface area contributed by atoms with Crippen LogP contribution in [0.4, 0.5) is 11.4 Å². The number of hydrogen-bond acceptors (Lipinski definition) is 5. The minimum atomic E-state index is -3.39. The van der Waals surface area contributed by atoms with E-state index >= 15 is 0 Å². The number of ether oxygens (including phenoxy) is 1. The number of amides is 1. The number of nitrogens with zero attached hydrogens (tertiary/aromatic N) is 2. The zero-order valence-corrected chi connectivity index (χ0v) is 17.8. The summed E-state index contributed by atoms with van der Waals surface area (Å²) in [5.41, 5.74) is 2.51. The fourth-order valence-corrected chi connectivity index (χ4v) is 4.47. The molecule has 1 aromatic carbocycles. The van der Waals surface area contributed by atoms with Crippen LogP contribution < -0.4 is 10.2 Å². The Morgan fingerprint density at radius 2 is 1.96 bits per heavy atom. The predicted octanol–water partition coefficient (Wildman–Crippen LogP) is 2.43. The Bertz CT molecular complexity index is 800. The van der Waals surface area contributed by atoms with Crippen LogP contribution in [0.25, 0.3) is 0 Å². The van der Waals surface area contributed by atoms with Gasteiger partial charge in [-0.15, -0.1) is 0 Å². The van der Waals surface area contributed by atoms with E-state index in [4.69, 9.17) is 4.74 Å². The van der Waals surface area contributed by atoms with E-state index in [1.54, 1.807) is 0 Å². The average Bonchev–Trinajstić information content (AvgIpc) is 3.04. The van der Waals surface area contributed by atoms with Crippen molar-refractivity contribution in [2.45, 2.75) is 44.8 Å². The van der Waals surface area contributed by atoms with Gasteiger partial charge in [-0.1, -0.05) is 6.42 Å². The van der Waals surface area contributed by atoms with Crippen LogP contribution in [0.3, 0.4) is 0 Å². The normalized spacial score (nSPS) is 20.2. The van der Waals surface area contributed by atoms with Gasteiger partial charge in [-0.25, -0.2) is 8.42 Å². The van der Waals surface area contributed by atoms with Crippen molar-refractivity contribution in [2.24, 2.45) is 5.92 Å². The van der Waals surface area contributed by atoms with Gasteiger partial charge in [0.1, 0.15) is 0 Å². The minimum Gasteiger partial charge on any atom is -0.377 e. The number of benzene rings is 1. The predicted molar refractivity (Wildman–Crippen MR) is 111 cm³/mol. The Hall–Kier alpha value is -1.64.